The number of likely N-dealkylation sites (tertiary alicyclic amines) is 1. The molecule has 1 rings (SSSR count). The molecule has 0 aliphatic carbocycles. The molecule has 114 valence electrons. The molecule has 0 spiro atoms. The van der Waals surface area contributed by atoms with Gasteiger partial charge in [-0.05, 0) is 25.8 Å². The van der Waals surface area contributed by atoms with Gasteiger partial charge in [0.2, 0.25) is 5.91 Å². The van der Waals surface area contributed by atoms with Crippen molar-refractivity contribution in [2.24, 2.45) is 5.92 Å². The molecular formula is C13H22N2O5. The van der Waals surface area contributed by atoms with E-state index in [-0.39, 0.29) is 30.8 Å². The van der Waals surface area contributed by atoms with Crippen molar-refractivity contribution in [3.05, 3.63) is 0 Å². The molecule has 1 saturated heterocycles. The lowest BCUT2D eigenvalue weighted by Gasteiger charge is -2.30. The van der Waals surface area contributed by atoms with Crippen LogP contribution in [0.3, 0.4) is 0 Å². The Kier molecular flexibility index (Phi) is 7.00. The first-order valence-electron chi connectivity index (χ1n) is 6.81. The summed E-state index contributed by atoms with van der Waals surface area (Å²) in [5.41, 5.74) is 0. The SMILES string of the molecule is COC(=O)C1CCCN(CC(=O)NCCCC(=O)O)C1. The minimum Gasteiger partial charge on any atom is -0.481 e. The molecule has 0 aromatic rings. The van der Waals surface area contributed by atoms with Crippen LogP contribution in [0, 0.1) is 5.92 Å². The maximum absolute atomic E-state index is 11.7. The molecule has 0 radical (unpaired) electrons. The Morgan fingerprint density at radius 3 is 2.80 bits per heavy atom. The Hall–Kier alpha value is -1.63. The number of methoxy groups -OCH3 is 1. The van der Waals surface area contributed by atoms with Gasteiger partial charge in [-0.3, -0.25) is 19.3 Å². The van der Waals surface area contributed by atoms with Crippen LogP contribution >= 0.6 is 0 Å². The van der Waals surface area contributed by atoms with Gasteiger partial charge in [0.05, 0.1) is 19.6 Å². The topological polar surface area (TPSA) is 95.9 Å². The number of carboxylic acids is 1. The maximum atomic E-state index is 11.7. The van der Waals surface area contributed by atoms with Crippen LogP contribution in [-0.2, 0) is 19.1 Å². The van der Waals surface area contributed by atoms with Gasteiger partial charge >= 0.3 is 11.9 Å². The van der Waals surface area contributed by atoms with Crippen LogP contribution in [0.4, 0.5) is 0 Å². The summed E-state index contributed by atoms with van der Waals surface area (Å²) < 4.78 is 4.72. The smallest absolute Gasteiger partial charge is 0.309 e. The first-order valence-corrected chi connectivity index (χ1v) is 6.81. The van der Waals surface area contributed by atoms with Crippen molar-refractivity contribution >= 4 is 17.8 Å². The van der Waals surface area contributed by atoms with Crippen LogP contribution in [0.25, 0.3) is 0 Å². The second kappa shape index (κ2) is 8.52. The third-order valence-electron chi connectivity index (χ3n) is 3.30. The number of hydrogen-bond acceptors (Lipinski definition) is 5. The Labute approximate surface area is 118 Å². The van der Waals surface area contributed by atoms with E-state index in [4.69, 9.17) is 9.84 Å². The molecule has 0 bridgehead atoms. The second-order valence-electron chi connectivity index (χ2n) is 4.94. The summed E-state index contributed by atoms with van der Waals surface area (Å²) in [5.74, 6) is -1.39. The minimum atomic E-state index is -0.865. The lowest BCUT2D eigenvalue weighted by atomic mass is 9.98. The molecule has 1 aliphatic rings. The van der Waals surface area contributed by atoms with Crippen molar-refractivity contribution in [2.45, 2.75) is 25.7 Å². The number of rotatable bonds is 7. The number of aliphatic carboxylic acids is 1. The van der Waals surface area contributed by atoms with Crippen LogP contribution in [0.2, 0.25) is 0 Å². The molecular weight excluding hydrogens is 264 g/mol. The number of hydrogen-bond donors (Lipinski definition) is 2. The van der Waals surface area contributed by atoms with E-state index in [1.807, 2.05) is 4.90 Å². The quantitative estimate of drug-likeness (QED) is 0.499. The number of piperidine rings is 1. The lowest BCUT2D eigenvalue weighted by molar-refractivity contribution is -0.147. The van der Waals surface area contributed by atoms with Crippen LogP contribution in [0.15, 0.2) is 0 Å². The molecule has 20 heavy (non-hydrogen) atoms. The fraction of sp³-hybridized carbons (Fsp3) is 0.769. The lowest BCUT2D eigenvalue weighted by Crippen LogP contribution is -2.44. The van der Waals surface area contributed by atoms with Crippen molar-refractivity contribution in [1.82, 2.24) is 10.2 Å². The maximum Gasteiger partial charge on any atom is 0.309 e. The van der Waals surface area contributed by atoms with Crippen LogP contribution in [0.1, 0.15) is 25.7 Å². The summed E-state index contributed by atoms with van der Waals surface area (Å²) in [6.45, 7) is 1.92. The van der Waals surface area contributed by atoms with E-state index in [2.05, 4.69) is 5.32 Å². The Balaban J connectivity index is 2.24. The molecule has 1 unspecified atom stereocenters. The summed E-state index contributed by atoms with van der Waals surface area (Å²) in [6.07, 6.45) is 2.13. The Morgan fingerprint density at radius 2 is 2.15 bits per heavy atom. The highest BCUT2D eigenvalue weighted by Gasteiger charge is 2.27. The van der Waals surface area contributed by atoms with Gasteiger partial charge in [0.15, 0.2) is 0 Å². The normalized spacial score (nSPS) is 19.4. The van der Waals surface area contributed by atoms with E-state index in [9.17, 15) is 14.4 Å². The van der Waals surface area contributed by atoms with E-state index in [1.165, 1.54) is 7.11 Å². The largest absolute Gasteiger partial charge is 0.481 e. The first-order chi connectivity index (χ1) is 9.52. The van der Waals surface area contributed by atoms with E-state index in [0.717, 1.165) is 19.4 Å². The van der Waals surface area contributed by atoms with Crippen molar-refractivity contribution in [3.63, 3.8) is 0 Å². The summed E-state index contributed by atoms with van der Waals surface area (Å²) in [5, 5.41) is 11.2. The highest BCUT2D eigenvalue weighted by molar-refractivity contribution is 5.78. The molecule has 0 aromatic carbocycles. The number of carboxylic acid groups (broad SMARTS) is 1. The van der Waals surface area contributed by atoms with Gasteiger partial charge < -0.3 is 15.2 Å². The third kappa shape index (κ3) is 6.01. The standard InChI is InChI=1S/C13H22N2O5/c1-20-13(19)10-4-3-7-15(8-10)9-11(16)14-6-2-5-12(17)18/h10H,2-9H2,1H3,(H,14,16)(H,17,18). The summed E-state index contributed by atoms with van der Waals surface area (Å²) in [4.78, 5) is 35.4. The van der Waals surface area contributed by atoms with E-state index < -0.39 is 5.97 Å². The molecule has 1 amide bonds. The summed E-state index contributed by atoms with van der Waals surface area (Å²) in [7, 11) is 1.37. The predicted octanol–water partition coefficient (Wildman–Crippen LogP) is -0.148. The van der Waals surface area contributed by atoms with Gasteiger partial charge in [0, 0.05) is 19.5 Å². The minimum absolute atomic E-state index is 0.0500. The summed E-state index contributed by atoms with van der Waals surface area (Å²) in [6, 6.07) is 0. The fourth-order valence-corrected chi connectivity index (χ4v) is 2.28. The third-order valence-corrected chi connectivity index (χ3v) is 3.30. The van der Waals surface area contributed by atoms with Gasteiger partial charge in [-0.15, -0.1) is 0 Å². The highest BCUT2D eigenvalue weighted by atomic mass is 16.5. The molecule has 2 N–H and O–H groups in total. The fourth-order valence-electron chi connectivity index (χ4n) is 2.28. The van der Waals surface area contributed by atoms with Crippen molar-refractivity contribution in [3.8, 4) is 0 Å². The molecule has 1 atom stereocenters. The number of ether oxygens (including phenoxy) is 1. The van der Waals surface area contributed by atoms with Gasteiger partial charge in [-0.2, -0.15) is 0 Å². The molecule has 1 heterocycles. The molecule has 0 saturated carbocycles. The molecule has 7 heteroatoms. The molecule has 7 nitrogen and oxygen atoms in total. The zero-order valence-electron chi connectivity index (χ0n) is 11.8. The number of carbonyl (C=O) groups excluding carboxylic acids is 2. The molecule has 0 aromatic heterocycles. The zero-order valence-corrected chi connectivity index (χ0v) is 11.8. The average Bonchev–Trinajstić information content (AvgIpc) is 2.43. The Morgan fingerprint density at radius 1 is 1.40 bits per heavy atom. The molecule has 1 aliphatic heterocycles. The number of carbonyl (C=O) groups is 3. The van der Waals surface area contributed by atoms with Gasteiger partial charge in [-0.1, -0.05) is 0 Å². The van der Waals surface area contributed by atoms with Crippen LogP contribution in [0.5, 0.6) is 0 Å². The highest BCUT2D eigenvalue weighted by Crippen LogP contribution is 2.17. The Bertz CT molecular complexity index is 359. The van der Waals surface area contributed by atoms with Crippen molar-refractivity contribution in [1.29, 1.82) is 0 Å². The predicted molar refractivity (Wildman–Crippen MR) is 71.1 cm³/mol. The van der Waals surface area contributed by atoms with Gasteiger partial charge in [0.1, 0.15) is 0 Å². The van der Waals surface area contributed by atoms with E-state index in [1.54, 1.807) is 0 Å². The van der Waals surface area contributed by atoms with E-state index >= 15 is 0 Å². The van der Waals surface area contributed by atoms with Gasteiger partial charge in [0.25, 0.3) is 0 Å². The average molecular weight is 286 g/mol. The van der Waals surface area contributed by atoms with Crippen molar-refractivity contribution < 1.29 is 24.2 Å². The van der Waals surface area contributed by atoms with Gasteiger partial charge in [-0.25, -0.2) is 0 Å². The first kappa shape index (κ1) is 16.4. The van der Waals surface area contributed by atoms with Crippen molar-refractivity contribution in [2.75, 3.05) is 33.3 Å². The van der Waals surface area contributed by atoms with Crippen LogP contribution < -0.4 is 5.32 Å². The second-order valence-corrected chi connectivity index (χ2v) is 4.94. The number of amides is 1. The number of nitrogens with one attached hydrogen (secondary N) is 1. The zero-order chi connectivity index (χ0) is 15.0. The van der Waals surface area contributed by atoms with Crippen LogP contribution in [-0.4, -0.2) is 61.1 Å². The number of esters is 1. The summed E-state index contributed by atoms with van der Waals surface area (Å²) >= 11 is 0. The monoisotopic (exact) mass is 286 g/mol. The molecule has 1 fully saturated rings. The van der Waals surface area contributed by atoms with E-state index in [0.29, 0.717) is 19.5 Å². The number of nitrogens with zero attached hydrogens (tertiary/aromatic N) is 1.